The van der Waals surface area contributed by atoms with Crippen LogP contribution in [0.4, 0.5) is 0 Å². The third-order valence-corrected chi connectivity index (χ3v) is 11.3. The molecule has 8 N–H and O–H groups in total. The lowest BCUT2D eigenvalue weighted by Gasteiger charge is -2.67. The number of aliphatic hydroxyl groups excluding tert-OH is 7. The van der Waals surface area contributed by atoms with Crippen LogP contribution in [0.2, 0.25) is 0 Å². The fourth-order valence-electron chi connectivity index (χ4n) is 9.61. The van der Waals surface area contributed by atoms with Crippen molar-refractivity contribution in [3.05, 3.63) is 0 Å². The summed E-state index contributed by atoms with van der Waals surface area (Å²) in [4.78, 5) is 0. The molecule has 4 aliphatic rings. The number of aliphatic hydroxyl groups is 8. The van der Waals surface area contributed by atoms with Gasteiger partial charge in [-0.1, -0.05) is 40.5 Å². The van der Waals surface area contributed by atoms with Gasteiger partial charge < -0.3 is 40.9 Å². The molecule has 0 radical (unpaired) electrons. The zero-order valence-electron chi connectivity index (χ0n) is 21.7. The van der Waals surface area contributed by atoms with Gasteiger partial charge in [0.25, 0.3) is 0 Å². The molecule has 0 amide bonds. The van der Waals surface area contributed by atoms with Crippen LogP contribution in [0.15, 0.2) is 0 Å². The molecular weight excluding hydrogens is 452 g/mol. The standard InChI is InChI=1S/C27H48O8/c1-13(12-28)6-5-7-14(2)17-20(31)22(33)23-26(17,4)11-9-16-25(3)10-8-15(29)19(30)18(25)21(32)24(34)27(16,23)35/h13-24,28-35H,5-12H2,1-4H3/t13-,14+,15-,16+,17-,18-,19-,20+,21+,22-,23+,24+,25+,26+,27-/m0/s1. The minimum Gasteiger partial charge on any atom is -0.396 e. The summed E-state index contributed by atoms with van der Waals surface area (Å²) < 4.78 is 0. The van der Waals surface area contributed by atoms with Gasteiger partial charge in [0.05, 0.1) is 30.5 Å². The topological polar surface area (TPSA) is 162 Å². The van der Waals surface area contributed by atoms with Gasteiger partial charge in [-0.3, -0.25) is 0 Å². The summed E-state index contributed by atoms with van der Waals surface area (Å²) in [5.41, 5.74) is -3.22. The number of rotatable bonds is 6. The Balaban J connectivity index is 1.67. The van der Waals surface area contributed by atoms with E-state index >= 15 is 0 Å². The van der Waals surface area contributed by atoms with E-state index in [1.54, 1.807) is 0 Å². The van der Waals surface area contributed by atoms with Crippen molar-refractivity contribution in [2.75, 3.05) is 6.61 Å². The Kier molecular flexibility index (Phi) is 7.48. The van der Waals surface area contributed by atoms with Gasteiger partial charge in [0, 0.05) is 18.4 Å². The number of fused-ring (bicyclic) bond motifs is 5. The second-order valence-corrected chi connectivity index (χ2v) is 13.2. The van der Waals surface area contributed by atoms with Crippen LogP contribution >= 0.6 is 0 Å². The van der Waals surface area contributed by atoms with E-state index in [1.807, 2.05) is 20.8 Å². The third kappa shape index (κ3) is 3.85. The number of hydrogen-bond acceptors (Lipinski definition) is 8. The van der Waals surface area contributed by atoms with Gasteiger partial charge in [0.2, 0.25) is 0 Å². The molecule has 0 saturated heterocycles. The summed E-state index contributed by atoms with van der Waals surface area (Å²) in [6.07, 6.45) is -3.02. The van der Waals surface area contributed by atoms with Crippen molar-refractivity contribution in [2.45, 2.75) is 115 Å². The largest absolute Gasteiger partial charge is 0.396 e. The molecule has 0 aromatic carbocycles. The molecule has 8 nitrogen and oxygen atoms in total. The van der Waals surface area contributed by atoms with Crippen LogP contribution < -0.4 is 0 Å². The molecule has 4 rings (SSSR count). The highest BCUT2D eigenvalue weighted by Gasteiger charge is 2.76. The highest BCUT2D eigenvalue weighted by Crippen LogP contribution is 2.69. The summed E-state index contributed by atoms with van der Waals surface area (Å²) in [5, 5.41) is 88.0. The van der Waals surface area contributed by atoms with E-state index < -0.39 is 70.8 Å². The molecule has 0 aliphatic heterocycles. The smallest absolute Gasteiger partial charge is 0.110 e. The van der Waals surface area contributed by atoms with Crippen molar-refractivity contribution in [2.24, 2.45) is 46.3 Å². The fraction of sp³-hybridized carbons (Fsp3) is 1.00. The van der Waals surface area contributed by atoms with Gasteiger partial charge in [-0.2, -0.15) is 0 Å². The van der Waals surface area contributed by atoms with E-state index in [0.717, 1.165) is 19.3 Å². The molecule has 15 atom stereocenters. The van der Waals surface area contributed by atoms with Crippen LogP contribution in [0.3, 0.4) is 0 Å². The number of hydrogen-bond donors (Lipinski definition) is 8. The Morgan fingerprint density at radius 2 is 1.43 bits per heavy atom. The quantitative estimate of drug-likeness (QED) is 0.260. The zero-order valence-corrected chi connectivity index (χ0v) is 21.7. The van der Waals surface area contributed by atoms with E-state index in [4.69, 9.17) is 0 Å². The molecule has 0 aromatic heterocycles. The predicted octanol–water partition coefficient (Wildman–Crippen LogP) is 0.410. The maximum Gasteiger partial charge on any atom is 0.110 e. The summed E-state index contributed by atoms with van der Waals surface area (Å²) in [7, 11) is 0. The molecule has 4 fully saturated rings. The summed E-state index contributed by atoms with van der Waals surface area (Å²) >= 11 is 0. The predicted molar refractivity (Wildman–Crippen MR) is 129 cm³/mol. The lowest BCUT2D eigenvalue weighted by atomic mass is 9.40. The molecule has 0 heterocycles. The van der Waals surface area contributed by atoms with Crippen molar-refractivity contribution in [3.63, 3.8) is 0 Å². The Morgan fingerprint density at radius 1 is 0.800 bits per heavy atom. The first-order valence-electron chi connectivity index (χ1n) is 13.7. The van der Waals surface area contributed by atoms with Crippen LogP contribution in [0, 0.1) is 46.3 Å². The highest BCUT2D eigenvalue weighted by molar-refractivity contribution is 5.25. The van der Waals surface area contributed by atoms with Crippen LogP contribution in [0.5, 0.6) is 0 Å². The van der Waals surface area contributed by atoms with Crippen LogP contribution in [0.25, 0.3) is 0 Å². The monoisotopic (exact) mass is 500 g/mol. The van der Waals surface area contributed by atoms with Gasteiger partial charge in [-0.25, -0.2) is 0 Å². The zero-order chi connectivity index (χ0) is 26.1. The molecule has 204 valence electrons. The second-order valence-electron chi connectivity index (χ2n) is 13.2. The minimum absolute atomic E-state index is 0.0568. The van der Waals surface area contributed by atoms with Crippen molar-refractivity contribution in [1.29, 1.82) is 0 Å². The second kappa shape index (κ2) is 9.45. The minimum atomic E-state index is -1.83. The summed E-state index contributed by atoms with van der Waals surface area (Å²) in [5.74, 6) is -2.15. The van der Waals surface area contributed by atoms with Crippen molar-refractivity contribution in [1.82, 2.24) is 0 Å². The molecule has 4 saturated carbocycles. The van der Waals surface area contributed by atoms with Crippen LogP contribution in [-0.2, 0) is 0 Å². The highest BCUT2D eigenvalue weighted by atomic mass is 16.4. The lowest BCUT2D eigenvalue weighted by molar-refractivity contribution is -0.322. The van der Waals surface area contributed by atoms with Gasteiger partial charge in [-0.05, 0) is 66.6 Å². The molecule has 35 heavy (non-hydrogen) atoms. The molecule has 4 aliphatic carbocycles. The van der Waals surface area contributed by atoms with Gasteiger partial charge >= 0.3 is 0 Å². The first-order chi connectivity index (χ1) is 16.3. The Labute approximate surface area is 209 Å². The molecular formula is C27H48O8. The van der Waals surface area contributed by atoms with E-state index in [1.165, 1.54) is 0 Å². The van der Waals surface area contributed by atoms with Gasteiger partial charge in [0.1, 0.15) is 11.7 Å². The molecule has 0 spiro atoms. The third-order valence-electron chi connectivity index (χ3n) is 11.3. The average Bonchev–Trinajstić information content (AvgIpc) is 3.00. The molecule has 0 aromatic rings. The van der Waals surface area contributed by atoms with Crippen molar-refractivity contribution in [3.8, 4) is 0 Å². The molecule has 8 heteroatoms. The Morgan fingerprint density at radius 3 is 2.06 bits per heavy atom. The maximum absolute atomic E-state index is 12.3. The van der Waals surface area contributed by atoms with E-state index in [-0.39, 0.29) is 24.4 Å². The Bertz CT molecular complexity index is 765. The molecule has 0 unspecified atom stereocenters. The first-order valence-corrected chi connectivity index (χ1v) is 13.7. The normalized spacial score (nSPS) is 55.5. The first kappa shape index (κ1) is 27.7. The fourth-order valence-corrected chi connectivity index (χ4v) is 9.61. The average molecular weight is 501 g/mol. The summed E-state index contributed by atoms with van der Waals surface area (Å²) in [6, 6.07) is 0. The Hall–Kier alpha value is -0.320. The SMILES string of the molecule is C[C@H](CO)CCC[C@@H](C)[C@H]1[C@@H](O)[C@H](O)[C@@H]2[C@]1(C)CC[C@@H]1[C@@]3(C)CC[C@H](O)[C@H](O)[C@H]3[C@@H](O)[C@@H](O)[C@]12O. The van der Waals surface area contributed by atoms with Gasteiger partial charge in [-0.15, -0.1) is 0 Å². The van der Waals surface area contributed by atoms with Crippen LogP contribution in [-0.4, -0.2) is 89.7 Å². The molecule has 0 bridgehead atoms. The van der Waals surface area contributed by atoms with E-state index in [9.17, 15) is 40.9 Å². The summed E-state index contributed by atoms with van der Waals surface area (Å²) in [6.45, 7) is 8.11. The van der Waals surface area contributed by atoms with E-state index in [2.05, 4.69) is 6.92 Å². The van der Waals surface area contributed by atoms with Crippen LogP contribution in [0.1, 0.15) is 72.6 Å². The van der Waals surface area contributed by atoms with Crippen molar-refractivity contribution < 1.29 is 40.9 Å². The lowest BCUT2D eigenvalue weighted by Crippen LogP contribution is -2.76. The maximum atomic E-state index is 12.3. The van der Waals surface area contributed by atoms with Gasteiger partial charge in [0.15, 0.2) is 0 Å². The van der Waals surface area contributed by atoms with E-state index in [0.29, 0.717) is 25.7 Å². The van der Waals surface area contributed by atoms with Crippen molar-refractivity contribution >= 4 is 0 Å².